The fraction of sp³-hybridized carbons (Fsp3) is 0.0769. The van der Waals surface area contributed by atoms with E-state index in [-0.39, 0.29) is 5.91 Å². The van der Waals surface area contributed by atoms with Gasteiger partial charge in [0.15, 0.2) is 10.2 Å². The minimum Gasteiger partial charge on any atom is -0.486 e. The summed E-state index contributed by atoms with van der Waals surface area (Å²) in [7, 11) is 1.59. The highest BCUT2D eigenvalue weighted by Gasteiger charge is 2.16. The number of pyridine rings is 1. The van der Waals surface area contributed by atoms with Gasteiger partial charge in [-0.1, -0.05) is 41.3 Å². The zero-order chi connectivity index (χ0) is 24.2. The Hall–Kier alpha value is -3.95. The maximum absolute atomic E-state index is 13.0. The van der Waals surface area contributed by atoms with E-state index in [1.807, 2.05) is 79.7 Å². The van der Waals surface area contributed by atoms with Crippen LogP contribution in [0.4, 0.5) is 5.13 Å². The van der Waals surface area contributed by atoms with E-state index in [0.717, 1.165) is 37.8 Å². The number of methoxy groups -OCH3 is 1. The molecule has 174 valence electrons. The summed E-state index contributed by atoms with van der Waals surface area (Å²) < 4.78 is 5.28. The number of nitrogens with zero attached hydrogens (tertiary/aromatic N) is 3. The van der Waals surface area contributed by atoms with E-state index in [2.05, 4.69) is 25.5 Å². The lowest BCUT2D eigenvalue weighted by Gasteiger charge is -2.09. The smallest absolute Gasteiger partial charge is 0.258 e. The first-order valence-corrected chi connectivity index (χ1v) is 12.4. The number of carbonyl (C=O) groups is 1. The van der Waals surface area contributed by atoms with Gasteiger partial charge in [0.05, 0.1) is 35.3 Å². The summed E-state index contributed by atoms with van der Waals surface area (Å²) >= 11 is 2.83. The zero-order valence-electron chi connectivity index (χ0n) is 19.0. The van der Waals surface area contributed by atoms with Crippen LogP contribution in [0.2, 0.25) is 0 Å². The molecule has 0 bridgehead atoms. The summed E-state index contributed by atoms with van der Waals surface area (Å²) in [6, 6.07) is 19.4. The summed E-state index contributed by atoms with van der Waals surface area (Å²) in [6.45, 7) is 1.85. The second kappa shape index (κ2) is 10.1. The van der Waals surface area contributed by atoms with Gasteiger partial charge in [-0.25, -0.2) is 4.98 Å². The van der Waals surface area contributed by atoms with Crippen molar-refractivity contribution in [1.82, 2.24) is 20.2 Å². The van der Waals surface area contributed by atoms with E-state index < -0.39 is 0 Å². The molecule has 0 atom stereocenters. The fourth-order valence-electron chi connectivity index (χ4n) is 3.51. The van der Waals surface area contributed by atoms with E-state index >= 15 is 0 Å². The molecule has 3 heterocycles. The number of nitrogens with one attached hydrogen (secondary N) is 2. The highest BCUT2D eigenvalue weighted by atomic mass is 32.2. The average molecular weight is 500 g/mol. The first kappa shape index (κ1) is 22.8. The highest BCUT2D eigenvalue weighted by Crippen LogP contribution is 2.34. The lowest BCUT2D eigenvalue weighted by molar-refractivity contribution is 0.102. The third-order valence-corrected chi connectivity index (χ3v) is 7.28. The number of ether oxygens (including phenoxy) is 1. The Kier molecular flexibility index (Phi) is 6.60. The first-order valence-electron chi connectivity index (χ1n) is 10.8. The van der Waals surface area contributed by atoms with Crippen molar-refractivity contribution in [2.45, 2.75) is 16.7 Å². The summed E-state index contributed by atoms with van der Waals surface area (Å²) in [4.78, 5) is 23.5. The van der Waals surface area contributed by atoms with E-state index in [0.29, 0.717) is 15.8 Å². The van der Waals surface area contributed by atoms with Crippen LogP contribution in [0.15, 0.2) is 76.7 Å². The van der Waals surface area contributed by atoms with Gasteiger partial charge in [-0.15, -0.1) is 0 Å². The van der Waals surface area contributed by atoms with Gasteiger partial charge < -0.3 is 4.74 Å². The number of aryl methyl sites for hydroxylation is 1. The van der Waals surface area contributed by atoms with Gasteiger partial charge in [-0.05, 0) is 61.5 Å². The van der Waals surface area contributed by atoms with Gasteiger partial charge in [0.2, 0.25) is 0 Å². The van der Waals surface area contributed by atoms with Crippen molar-refractivity contribution in [3.63, 3.8) is 0 Å². The molecular weight excluding hydrogens is 478 g/mol. The normalized spacial score (nSPS) is 11.3. The number of fused-ring (bicyclic) bond motifs is 1. The van der Waals surface area contributed by atoms with Crippen molar-refractivity contribution in [3.05, 3.63) is 89.5 Å². The Morgan fingerprint density at radius 1 is 1.11 bits per heavy atom. The van der Waals surface area contributed by atoms with Crippen molar-refractivity contribution in [1.29, 1.82) is 0 Å². The maximum atomic E-state index is 13.0. The van der Waals surface area contributed by atoms with E-state index in [9.17, 15) is 4.79 Å². The second-order valence-corrected chi connectivity index (χ2v) is 9.63. The Morgan fingerprint density at radius 2 is 1.97 bits per heavy atom. The number of amides is 1. The van der Waals surface area contributed by atoms with Crippen LogP contribution in [0.3, 0.4) is 0 Å². The molecule has 0 saturated heterocycles. The number of aromatic amines is 1. The van der Waals surface area contributed by atoms with Crippen molar-refractivity contribution in [3.8, 4) is 5.06 Å². The van der Waals surface area contributed by atoms with Crippen LogP contribution in [0.5, 0.6) is 5.06 Å². The lowest BCUT2D eigenvalue weighted by Crippen LogP contribution is -2.12. The molecule has 5 rings (SSSR count). The van der Waals surface area contributed by atoms with Crippen LogP contribution >= 0.6 is 23.1 Å². The van der Waals surface area contributed by atoms with Gasteiger partial charge in [-0.2, -0.15) is 5.10 Å². The molecule has 2 N–H and O–H groups in total. The van der Waals surface area contributed by atoms with Gasteiger partial charge in [0.1, 0.15) is 0 Å². The lowest BCUT2D eigenvalue weighted by atomic mass is 10.2. The van der Waals surface area contributed by atoms with E-state index in [4.69, 9.17) is 4.74 Å². The summed E-state index contributed by atoms with van der Waals surface area (Å²) in [5, 5.41) is 12.6. The van der Waals surface area contributed by atoms with Crippen molar-refractivity contribution >= 4 is 57.2 Å². The standard InChI is InChI=1S/C26H21N5O2S2/c1-16-25(33-2)35-26(28-16)29-24(32)20-8-3-4-9-23(20)34-18-11-12-19-21(30-31-22(19)15-18)13-10-17-7-5-6-14-27-17/h3-15H,1-2H3,(H,30,31)(H,28,29,32)/b13-10+. The van der Waals surface area contributed by atoms with Gasteiger partial charge in [0, 0.05) is 21.4 Å². The number of thiazole rings is 1. The summed E-state index contributed by atoms with van der Waals surface area (Å²) in [5.41, 5.74) is 3.96. The van der Waals surface area contributed by atoms with Crippen LogP contribution in [-0.2, 0) is 0 Å². The van der Waals surface area contributed by atoms with Crippen LogP contribution in [0, 0.1) is 6.92 Å². The van der Waals surface area contributed by atoms with Crippen LogP contribution in [0.1, 0.15) is 27.4 Å². The van der Waals surface area contributed by atoms with E-state index in [1.165, 1.54) is 23.1 Å². The molecule has 1 amide bonds. The number of hydrogen-bond acceptors (Lipinski definition) is 7. The van der Waals surface area contributed by atoms with Gasteiger partial charge >= 0.3 is 0 Å². The molecule has 7 nitrogen and oxygen atoms in total. The molecule has 0 aliphatic heterocycles. The largest absolute Gasteiger partial charge is 0.486 e. The molecule has 35 heavy (non-hydrogen) atoms. The van der Waals surface area contributed by atoms with Crippen molar-refractivity contribution < 1.29 is 9.53 Å². The number of H-pyrrole nitrogens is 1. The molecule has 0 aliphatic rings. The predicted octanol–water partition coefficient (Wildman–Crippen LogP) is 6.31. The SMILES string of the molecule is COc1sc(NC(=O)c2ccccc2Sc2ccc3c(/C=C/c4ccccn4)n[nH]c3c2)nc1C. The minimum absolute atomic E-state index is 0.214. The van der Waals surface area contributed by atoms with Crippen molar-refractivity contribution in [2.24, 2.45) is 0 Å². The van der Waals surface area contributed by atoms with Crippen LogP contribution in [-0.4, -0.2) is 33.2 Å². The Morgan fingerprint density at radius 3 is 2.77 bits per heavy atom. The van der Waals surface area contributed by atoms with E-state index in [1.54, 1.807) is 13.3 Å². The molecule has 0 fully saturated rings. The topological polar surface area (TPSA) is 92.8 Å². The molecule has 5 aromatic rings. The number of carbonyl (C=O) groups excluding carboxylic acids is 1. The first-order chi connectivity index (χ1) is 17.1. The monoisotopic (exact) mass is 499 g/mol. The fourth-order valence-corrected chi connectivity index (χ4v) is 5.27. The van der Waals surface area contributed by atoms with Crippen LogP contribution in [0.25, 0.3) is 23.1 Å². The molecule has 9 heteroatoms. The minimum atomic E-state index is -0.214. The number of benzene rings is 2. The Balaban J connectivity index is 1.35. The molecule has 0 spiro atoms. The highest BCUT2D eigenvalue weighted by molar-refractivity contribution is 7.99. The molecule has 0 radical (unpaired) electrons. The number of rotatable bonds is 7. The summed E-state index contributed by atoms with van der Waals surface area (Å²) in [5.74, 6) is -0.214. The molecular formula is C26H21N5O2S2. The molecule has 3 aromatic heterocycles. The third kappa shape index (κ3) is 5.11. The summed E-state index contributed by atoms with van der Waals surface area (Å²) in [6.07, 6.45) is 5.65. The third-order valence-electron chi connectivity index (χ3n) is 5.18. The number of anilines is 1. The predicted molar refractivity (Wildman–Crippen MR) is 141 cm³/mol. The maximum Gasteiger partial charge on any atom is 0.258 e. The Labute approximate surface area is 210 Å². The molecule has 2 aromatic carbocycles. The van der Waals surface area contributed by atoms with Crippen LogP contribution < -0.4 is 10.1 Å². The quantitative estimate of drug-likeness (QED) is 0.273. The molecule has 0 unspecified atom stereocenters. The average Bonchev–Trinajstić information content (AvgIpc) is 3.45. The number of hydrogen-bond donors (Lipinski definition) is 2. The second-order valence-electron chi connectivity index (χ2n) is 7.55. The van der Waals surface area contributed by atoms with Gasteiger partial charge in [-0.3, -0.25) is 20.2 Å². The van der Waals surface area contributed by atoms with Crippen molar-refractivity contribution in [2.75, 3.05) is 12.4 Å². The zero-order valence-corrected chi connectivity index (χ0v) is 20.6. The van der Waals surface area contributed by atoms with Gasteiger partial charge in [0.25, 0.3) is 5.91 Å². The Bertz CT molecular complexity index is 1530. The number of aromatic nitrogens is 4. The molecule has 0 aliphatic carbocycles. The molecule has 0 saturated carbocycles.